The molecule has 0 spiro atoms. The summed E-state index contributed by atoms with van der Waals surface area (Å²) in [6.07, 6.45) is 1.65. The third-order valence-corrected chi connectivity index (χ3v) is 6.64. The Morgan fingerprint density at radius 2 is 1.67 bits per heavy atom. The van der Waals surface area contributed by atoms with Gasteiger partial charge in [-0.1, -0.05) is 60.1 Å². The van der Waals surface area contributed by atoms with Gasteiger partial charge in [-0.3, -0.25) is 0 Å². The van der Waals surface area contributed by atoms with E-state index in [-0.39, 0.29) is 11.4 Å². The van der Waals surface area contributed by atoms with E-state index in [4.69, 9.17) is 16.6 Å². The number of sulfonamides is 1. The number of imidazole rings is 1. The minimum atomic E-state index is -3.63. The van der Waals surface area contributed by atoms with Gasteiger partial charge in [0.2, 0.25) is 10.0 Å². The lowest BCUT2D eigenvalue weighted by Crippen LogP contribution is -2.28. The minimum absolute atomic E-state index is 0.162. The number of rotatable bonds is 8. The minimum Gasteiger partial charge on any atom is -0.327 e. The van der Waals surface area contributed by atoms with Gasteiger partial charge in [-0.25, -0.2) is 18.1 Å². The molecule has 1 N–H and O–H groups in total. The average Bonchev–Trinajstić information content (AvgIpc) is 3.10. The van der Waals surface area contributed by atoms with E-state index in [1.807, 2.05) is 42.5 Å². The van der Waals surface area contributed by atoms with Crippen molar-refractivity contribution in [1.82, 2.24) is 14.3 Å². The first-order valence-electron chi connectivity index (χ1n) is 9.76. The van der Waals surface area contributed by atoms with E-state index < -0.39 is 10.0 Å². The van der Waals surface area contributed by atoms with E-state index >= 15 is 0 Å². The molecule has 1 heterocycles. The maximum atomic E-state index is 12.6. The Kier molecular flexibility index (Phi) is 6.18. The fourth-order valence-corrected chi connectivity index (χ4v) is 4.80. The van der Waals surface area contributed by atoms with Crippen LogP contribution in [0.5, 0.6) is 0 Å². The first kappa shape index (κ1) is 20.6. The smallest absolute Gasteiger partial charge is 0.240 e. The van der Waals surface area contributed by atoms with Gasteiger partial charge in [0.15, 0.2) is 0 Å². The Morgan fingerprint density at radius 3 is 2.47 bits per heavy atom. The van der Waals surface area contributed by atoms with E-state index in [2.05, 4.69) is 21.4 Å². The zero-order chi connectivity index (χ0) is 21.0. The summed E-state index contributed by atoms with van der Waals surface area (Å²) in [6, 6.07) is 24.5. The Balaban J connectivity index is 1.51. The van der Waals surface area contributed by atoms with Crippen molar-refractivity contribution >= 4 is 32.7 Å². The highest BCUT2D eigenvalue weighted by molar-refractivity contribution is 7.89. The third kappa shape index (κ3) is 4.73. The lowest BCUT2D eigenvalue weighted by molar-refractivity contribution is 0.571. The third-order valence-electron chi connectivity index (χ3n) is 4.95. The molecule has 7 heteroatoms. The maximum Gasteiger partial charge on any atom is 0.240 e. The summed E-state index contributed by atoms with van der Waals surface area (Å²) in [4.78, 5) is 4.94. The van der Waals surface area contributed by atoms with Gasteiger partial charge in [-0.15, -0.1) is 0 Å². The fourth-order valence-electron chi connectivity index (χ4n) is 3.48. The highest BCUT2D eigenvalue weighted by Crippen LogP contribution is 2.18. The standard InChI is InChI=1S/C23H22ClN3O2S/c24-19-9-6-10-20(17-19)30(28,29)25-15-16-27-22-12-5-4-11-21(22)26-23(27)14-13-18-7-2-1-3-8-18/h1-12,17,25H,13-16H2. The van der Waals surface area contributed by atoms with Crippen LogP contribution < -0.4 is 4.72 Å². The number of para-hydroxylation sites is 2. The van der Waals surface area contributed by atoms with Crippen LogP contribution >= 0.6 is 11.6 Å². The van der Waals surface area contributed by atoms with Crippen LogP contribution in [-0.2, 0) is 29.4 Å². The number of fused-ring (bicyclic) bond motifs is 1. The molecule has 0 aliphatic carbocycles. The monoisotopic (exact) mass is 439 g/mol. The molecular formula is C23H22ClN3O2S. The molecule has 0 amide bonds. The summed E-state index contributed by atoms with van der Waals surface area (Å²) < 4.78 is 29.9. The van der Waals surface area contributed by atoms with E-state index in [0.29, 0.717) is 11.6 Å². The number of nitrogens with one attached hydrogen (secondary N) is 1. The number of hydrogen-bond acceptors (Lipinski definition) is 3. The van der Waals surface area contributed by atoms with Gasteiger partial charge in [0.1, 0.15) is 5.82 Å². The number of benzene rings is 3. The number of aromatic nitrogens is 2. The quantitative estimate of drug-likeness (QED) is 0.441. The molecule has 4 aromatic rings. The van der Waals surface area contributed by atoms with Crippen molar-refractivity contribution in [3.05, 3.63) is 95.3 Å². The first-order valence-corrected chi connectivity index (χ1v) is 11.6. The molecule has 30 heavy (non-hydrogen) atoms. The largest absolute Gasteiger partial charge is 0.327 e. The summed E-state index contributed by atoms with van der Waals surface area (Å²) in [5, 5.41) is 0.390. The second-order valence-corrected chi connectivity index (χ2v) is 9.21. The van der Waals surface area contributed by atoms with Crippen LogP contribution in [0, 0.1) is 0 Å². The molecular weight excluding hydrogens is 418 g/mol. The van der Waals surface area contributed by atoms with E-state index in [0.717, 1.165) is 29.7 Å². The van der Waals surface area contributed by atoms with Crippen LogP contribution in [0.1, 0.15) is 11.4 Å². The molecule has 1 aromatic heterocycles. The van der Waals surface area contributed by atoms with Crippen LogP contribution in [0.3, 0.4) is 0 Å². The molecule has 0 saturated heterocycles. The van der Waals surface area contributed by atoms with E-state index in [1.165, 1.54) is 17.7 Å². The zero-order valence-corrected chi connectivity index (χ0v) is 17.9. The van der Waals surface area contributed by atoms with Crippen molar-refractivity contribution in [3.63, 3.8) is 0 Å². The molecule has 0 fully saturated rings. The number of nitrogens with zero attached hydrogens (tertiary/aromatic N) is 2. The van der Waals surface area contributed by atoms with Crippen molar-refractivity contribution in [1.29, 1.82) is 0 Å². The van der Waals surface area contributed by atoms with Gasteiger partial charge >= 0.3 is 0 Å². The summed E-state index contributed by atoms with van der Waals surface area (Å²) in [5.74, 6) is 0.946. The molecule has 0 bridgehead atoms. The highest BCUT2D eigenvalue weighted by Gasteiger charge is 2.15. The van der Waals surface area contributed by atoms with E-state index in [9.17, 15) is 8.42 Å². The van der Waals surface area contributed by atoms with Crippen molar-refractivity contribution < 1.29 is 8.42 Å². The number of aryl methyl sites for hydroxylation is 2. The second kappa shape index (κ2) is 9.00. The van der Waals surface area contributed by atoms with Crippen LogP contribution in [-0.4, -0.2) is 24.5 Å². The summed E-state index contributed by atoms with van der Waals surface area (Å²) in [6.45, 7) is 0.748. The predicted molar refractivity (Wildman–Crippen MR) is 120 cm³/mol. The Hall–Kier alpha value is -2.67. The molecule has 0 unspecified atom stereocenters. The van der Waals surface area contributed by atoms with Gasteiger partial charge < -0.3 is 4.57 Å². The van der Waals surface area contributed by atoms with Crippen molar-refractivity contribution in [2.24, 2.45) is 0 Å². The molecule has 154 valence electrons. The predicted octanol–water partition coefficient (Wildman–Crippen LogP) is 4.45. The number of halogens is 1. The second-order valence-electron chi connectivity index (χ2n) is 7.01. The molecule has 5 nitrogen and oxygen atoms in total. The Labute approximate surface area is 181 Å². The van der Waals surface area contributed by atoms with Crippen LogP contribution in [0.2, 0.25) is 5.02 Å². The molecule has 0 aliphatic rings. The fraction of sp³-hybridized carbons (Fsp3) is 0.174. The summed E-state index contributed by atoms with van der Waals surface area (Å²) >= 11 is 5.93. The van der Waals surface area contributed by atoms with Gasteiger partial charge in [-0.05, 0) is 42.3 Å². The van der Waals surface area contributed by atoms with Gasteiger partial charge in [0.05, 0.1) is 15.9 Å². The lowest BCUT2D eigenvalue weighted by atomic mass is 10.1. The topological polar surface area (TPSA) is 64.0 Å². The molecule has 3 aromatic carbocycles. The average molecular weight is 440 g/mol. The summed E-state index contributed by atoms with van der Waals surface area (Å²) in [7, 11) is -3.63. The number of hydrogen-bond donors (Lipinski definition) is 1. The Morgan fingerprint density at radius 1 is 0.900 bits per heavy atom. The van der Waals surface area contributed by atoms with Crippen LogP contribution in [0.15, 0.2) is 83.8 Å². The maximum absolute atomic E-state index is 12.6. The van der Waals surface area contributed by atoms with Gasteiger partial charge in [0.25, 0.3) is 0 Å². The summed E-state index contributed by atoms with van der Waals surface area (Å²) in [5.41, 5.74) is 3.17. The van der Waals surface area contributed by atoms with Crippen molar-refractivity contribution in [2.45, 2.75) is 24.3 Å². The van der Waals surface area contributed by atoms with Crippen molar-refractivity contribution in [2.75, 3.05) is 6.54 Å². The van der Waals surface area contributed by atoms with Gasteiger partial charge in [0, 0.05) is 24.5 Å². The van der Waals surface area contributed by atoms with Crippen LogP contribution in [0.4, 0.5) is 0 Å². The normalized spacial score (nSPS) is 11.8. The molecule has 0 saturated carbocycles. The SMILES string of the molecule is O=S(=O)(NCCn1c(CCc2ccccc2)nc2ccccc21)c1cccc(Cl)c1. The first-order chi connectivity index (χ1) is 14.5. The van der Waals surface area contributed by atoms with Crippen LogP contribution in [0.25, 0.3) is 11.0 Å². The molecule has 0 atom stereocenters. The van der Waals surface area contributed by atoms with Crippen molar-refractivity contribution in [3.8, 4) is 0 Å². The van der Waals surface area contributed by atoms with E-state index in [1.54, 1.807) is 12.1 Å². The lowest BCUT2D eigenvalue weighted by Gasteiger charge is -2.11. The molecule has 0 aliphatic heterocycles. The highest BCUT2D eigenvalue weighted by atomic mass is 35.5. The zero-order valence-electron chi connectivity index (χ0n) is 16.3. The van der Waals surface area contributed by atoms with Gasteiger partial charge in [-0.2, -0.15) is 0 Å². The molecule has 0 radical (unpaired) electrons. The molecule has 4 rings (SSSR count). The Bertz CT molecular complexity index is 1250.